The van der Waals surface area contributed by atoms with Crippen molar-refractivity contribution in [3.05, 3.63) is 29.3 Å². The minimum atomic E-state index is -0.503. The third-order valence-corrected chi connectivity index (χ3v) is 6.26. The standard InChI is InChI=1S/C20H29NO3/c1-18(2,3)24-17(23)21-11-10-20(6)14-8-7-9-15(22)13(14)12-16(21)19(20,4)5/h7-9,16,22H,10-12H2,1-6H3. The molecule has 0 saturated carbocycles. The second-order valence-electron chi connectivity index (χ2n) is 9.00. The van der Waals surface area contributed by atoms with E-state index in [0.29, 0.717) is 18.7 Å². The van der Waals surface area contributed by atoms with Gasteiger partial charge in [0.1, 0.15) is 11.4 Å². The second kappa shape index (κ2) is 5.14. The molecule has 3 rings (SSSR count). The normalized spacial score (nSPS) is 28.2. The SMILES string of the molecule is CC(C)(C)OC(=O)N1CCC2(C)c3cccc(O)c3CC1C2(C)C. The number of carbonyl (C=O) groups excluding carboxylic acids is 1. The predicted molar refractivity (Wildman–Crippen MR) is 94.3 cm³/mol. The van der Waals surface area contributed by atoms with Gasteiger partial charge in [-0.1, -0.05) is 32.9 Å². The zero-order chi connectivity index (χ0) is 17.9. The number of likely N-dealkylation sites (tertiary alicyclic amines) is 1. The number of fused-ring (bicyclic) bond motifs is 4. The Morgan fingerprint density at radius 2 is 1.96 bits per heavy atom. The molecule has 0 spiro atoms. The van der Waals surface area contributed by atoms with Gasteiger partial charge in [-0.15, -0.1) is 0 Å². The minimum absolute atomic E-state index is 0.0203. The lowest BCUT2D eigenvalue weighted by Crippen LogP contribution is -2.65. The number of benzene rings is 1. The van der Waals surface area contributed by atoms with Crippen LogP contribution in [0.15, 0.2) is 18.2 Å². The van der Waals surface area contributed by atoms with Gasteiger partial charge in [0.25, 0.3) is 0 Å². The molecule has 1 fully saturated rings. The number of phenolic OH excluding ortho intramolecular Hbond substituents is 1. The molecule has 2 unspecified atom stereocenters. The Morgan fingerprint density at radius 3 is 2.58 bits per heavy atom. The van der Waals surface area contributed by atoms with Crippen molar-refractivity contribution in [3.63, 3.8) is 0 Å². The first kappa shape index (κ1) is 17.1. The van der Waals surface area contributed by atoms with Gasteiger partial charge in [0.2, 0.25) is 0 Å². The number of hydrogen-bond acceptors (Lipinski definition) is 3. The molecule has 1 saturated heterocycles. The van der Waals surface area contributed by atoms with Gasteiger partial charge in [0.05, 0.1) is 0 Å². The molecule has 0 aromatic heterocycles. The number of aromatic hydroxyl groups is 1. The summed E-state index contributed by atoms with van der Waals surface area (Å²) in [5.74, 6) is 0.338. The Hall–Kier alpha value is -1.71. The lowest BCUT2D eigenvalue weighted by Gasteiger charge is -2.60. The van der Waals surface area contributed by atoms with E-state index in [1.54, 1.807) is 6.07 Å². The van der Waals surface area contributed by atoms with Crippen LogP contribution >= 0.6 is 0 Å². The molecule has 1 amide bonds. The summed E-state index contributed by atoms with van der Waals surface area (Å²) < 4.78 is 5.64. The first-order valence-corrected chi connectivity index (χ1v) is 8.78. The Labute approximate surface area is 144 Å². The maximum absolute atomic E-state index is 12.7. The molecule has 132 valence electrons. The summed E-state index contributed by atoms with van der Waals surface area (Å²) in [6.45, 7) is 13.1. The van der Waals surface area contributed by atoms with Crippen LogP contribution in [0.2, 0.25) is 0 Å². The monoisotopic (exact) mass is 331 g/mol. The van der Waals surface area contributed by atoms with E-state index in [1.807, 2.05) is 31.7 Å². The maximum atomic E-state index is 12.7. The van der Waals surface area contributed by atoms with Gasteiger partial charge >= 0.3 is 6.09 Å². The van der Waals surface area contributed by atoms with Gasteiger partial charge in [-0.3, -0.25) is 0 Å². The van der Waals surface area contributed by atoms with Gasteiger partial charge in [-0.2, -0.15) is 0 Å². The molecular weight excluding hydrogens is 302 g/mol. The third kappa shape index (κ3) is 2.38. The Bertz CT molecular complexity index is 674. The van der Waals surface area contributed by atoms with E-state index in [-0.39, 0.29) is 23.0 Å². The quantitative estimate of drug-likeness (QED) is 0.773. The fourth-order valence-corrected chi connectivity index (χ4v) is 4.47. The minimum Gasteiger partial charge on any atom is -0.508 e. The average molecular weight is 331 g/mol. The fourth-order valence-electron chi connectivity index (χ4n) is 4.47. The lowest BCUT2D eigenvalue weighted by atomic mass is 9.51. The van der Waals surface area contributed by atoms with Crippen LogP contribution in [0.4, 0.5) is 4.79 Å². The van der Waals surface area contributed by atoms with Gasteiger partial charge in [0.15, 0.2) is 0 Å². The van der Waals surface area contributed by atoms with Crippen LogP contribution in [-0.2, 0) is 16.6 Å². The highest BCUT2D eigenvalue weighted by atomic mass is 16.6. The highest BCUT2D eigenvalue weighted by molar-refractivity contribution is 5.70. The molecular formula is C20H29NO3. The summed E-state index contributed by atoms with van der Waals surface area (Å²) >= 11 is 0. The predicted octanol–water partition coefficient (Wildman–Crippen LogP) is 4.24. The molecule has 4 nitrogen and oxygen atoms in total. The molecule has 1 aliphatic carbocycles. The van der Waals surface area contributed by atoms with E-state index in [1.165, 1.54) is 5.56 Å². The number of amides is 1. The largest absolute Gasteiger partial charge is 0.508 e. The van der Waals surface area contributed by atoms with Crippen molar-refractivity contribution in [3.8, 4) is 5.75 Å². The van der Waals surface area contributed by atoms with Crippen LogP contribution in [0.25, 0.3) is 0 Å². The van der Waals surface area contributed by atoms with Crippen LogP contribution in [0.1, 0.15) is 59.1 Å². The summed E-state index contributed by atoms with van der Waals surface area (Å²) in [5.41, 5.74) is 1.55. The highest BCUT2D eigenvalue weighted by Crippen LogP contribution is 2.57. The van der Waals surface area contributed by atoms with Crippen molar-refractivity contribution in [2.24, 2.45) is 5.41 Å². The van der Waals surface area contributed by atoms with Gasteiger partial charge < -0.3 is 14.7 Å². The van der Waals surface area contributed by atoms with Crippen LogP contribution < -0.4 is 0 Å². The fraction of sp³-hybridized carbons (Fsp3) is 0.650. The summed E-state index contributed by atoms with van der Waals surface area (Å²) in [4.78, 5) is 14.6. The Morgan fingerprint density at radius 1 is 1.29 bits per heavy atom. The zero-order valence-corrected chi connectivity index (χ0v) is 15.6. The first-order valence-electron chi connectivity index (χ1n) is 8.78. The van der Waals surface area contributed by atoms with Gasteiger partial charge in [0, 0.05) is 18.0 Å². The van der Waals surface area contributed by atoms with Gasteiger partial charge in [-0.25, -0.2) is 4.79 Å². The zero-order valence-electron chi connectivity index (χ0n) is 15.6. The number of nitrogens with zero attached hydrogens (tertiary/aromatic N) is 1. The van der Waals surface area contributed by atoms with Crippen molar-refractivity contribution >= 4 is 6.09 Å². The molecule has 1 aliphatic heterocycles. The van der Waals surface area contributed by atoms with E-state index >= 15 is 0 Å². The lowest BCUT2D eigenvalue weighted by molar-refractivity contribution is -0.0524. The number of rotatable bonds is 0. The molecule has 4 heteroatoms. The molecule has 1 aromatic rings. The maximum Gasteiger partial charge on any atom is 0.410 e. The Balaban J connectivity index is 2.04. The number of hydrogen-bond donors (Lipinski definition) is 1. The summed E-state index contributed by atoms with van der Waals surface area (Å²) in [5, 5.41) is 10.4. The number of ether oxygens (including phenoxy) is 1. The molecule has 24 heavy (non-hydrogen) atoms. The third-order valence-electron chi connectivity index (χ3n) is 6.26. The van der Waals surface area contributed by atoms with Crippen molar-refractivity contribution in [2.75, 3.05) is 6.54 Å². The molecule has 0 radical (unpaired) electrons. The summed E-state index contributed by atoms with van der Waals surface area (Å²) in [6.07, 6.45) is 1.29. The van der Waals surface area contributed by atoms with Crippen LogP contribution in [0.3, 0.4) is 0 Å². The van der Waals surface area contributed by atoms with E-state index < -0.39 is 5.60 Å². The molecule has 2 bridgehead atoms. The van der Waals surface area contributed by atoms with Crippen molar-refractivity contribution < 1.29 is 14.6 Å². The molecule has 1 heterocycles. The van der Waals surface area contributed by atoms with Crippen LogP contribution in [0, 0.1) is 5.41 Å². The van der Waals surface area contributed by atoms with Crippen LogP contribution in [0.5, 0.6) is 5.75 Å². The second-order valence-corrected chi connectivity index (χ2v) is 9.00. The van der Waals surface area contributed by atoms with Crippen molar-refractivity contribution in [1.82, 2.24) is 4.90 Å². The number of carbonyl (C=O) groups is 1. The van der Waals surface area contributed by atoms with E-state index in [0.717, 1.165) is 12.0 Å². The van der Waals surface area contributed by atoms with Gasteiger partial charge in [-0.05, 0) is 56.2 Å². The van der Waals surface area contributed by atoms with E-state index in [4.69, 9.17) is 4.74 Å². The van der Waals surface area contributed by atoms with Crippen molar-refractivity contribution in [1.29, 1.82) is 0 Å². The number of phenols is 1. The number of piperidine rings is 1. The topological polar surface area (TPSA) is 49.8 Å². The first-order chi connectivity index (χ1) is 11.0. The van der Waals surface area contributed by atoms with Crippen molar-refractivity contribution in [2.45, 2.75) is 71.4 Å². The Kier molecular flexibility index (Phi) is 3.67. The molecule has 1 aromatic carbocycles. The van der Waals surface area contributed by atoms with E-state index in [2.05, 4.69) is 26.8 Å². The summed E-state index contributed by atoms with van der Waals surface area (Å²) in [7, 11) is 0. The molecule has 2 aliphatic rings. The summed E-state index contributed by atoms with van der Waals surface area (Å²) in [6, 6.07) is 5.83. The van der Waals surface area contributed by atoms with E-state index in [9.17, 15) is 9.90 Å². The molecule has 1 N–H and O–H groups in total. The molecule has 2 atom stereocenters. The highest BCUT2D eigenvalue weighted by Gasteiger charge is 2.57. The average Bonchev–Trinajstić information content (AvgIpc) is 2.41. The van der Waals surface area contributed by atoms with Crippen LogP contribution in [-0.4, -0.2) is 34.3 Å². The smallest absolute Gasteiger partial charge is 0.410 e.